The maximum absolute atomic E-state index is 11.7. The van der Waals surface area contributed by atoms with Crippen LogP contribution in [0.2, 0.25) is 0 Å². The number of rotatable bonds is 5. The van der Waals surface area contributed by atoms with Gasteiger partial charge in [0.05, 0.1) is 6.04 Å². The quantitative estimate of drug-likeness (QED) is 0.870. The summed E-state index contributed by atoms with van der Waals surface area (Å²) >= 11 is 1.41. The predicted molar refractivity (Wildman–Crippen MR) is 77.1 cm³/mol. The van der Waals surface area contributed by atoms with Gasteiger partial charge in [0.2, 0.25) is 11.0 Å². The van der Waals surface area contributed by atoms with Crippen LogP contribution in [0.4, 0.5) is 5.13 Å². The van der Waals surface area contributed by atoms with Crippen LogP contribution in [0.3, 0.4) is 0 Å². The van der Waals surface area contributed by atoms with Gasteiger partial charge in [-0.1, -0.05) is 39.0 Å². The molecule has 18 heavy (non-hydrogen) atoms. The van der Waals surface area contributed by atoms with E-state index >= 15 is 0 Å². The normalized spacial score (nSPS) is 12.4. The summed E-state index contributed by atoms with van der Waals surface area (Å²) in [4.78, 5) is 11.7. The summed E-state index contributed by atoms with van der Waals surface area (Å²) in [6.07, 6.45) is 0.879. The molecular formula is C11H21ClN4OS. The molecule has 0 bridgehead atoms. The van der Waals surface area contributed by atoms with Crippen molar-refractivity contribution >= 4 is 34.8 Å². The fourth-order valence-electron chi connectivity index (χ4n) is 1.23. The molecule has 3 N–H and O–H groups in total. The van der Waals surface area contributed by atoms with Gasteiger partial charge in [-0.05, 0) is 11.8 Å². The van der Waals surface area contributed by atoms with E-state index in [4.69, 9.17) is 5.73 Å². The molecule has 0 aromatic carbocycles. The van der Waals surface area contributed by atoms with Gasteiger partial charge in [-0.15, -0.1) is 22.6 Å². The zero-order valence-electron chi connectivity index (χ0n) is 11.1. The summed E-state index contributed by atoms with van der Waals surface area (Å²) in [5, 5.41) is 12.1. The SMILES string of the molecule is CC(C)Cc1nnc(NC(=O)[C@H](N)C(C)C)s1.Cl. The van der Waals surface area contributed by atoms with Crippen LogP contribution in [0.15, 0.2) is 0 Å². The molecule has 0 saturated carbocycles. The minimum absolute atomic E-state index is 0. The van der Waals surface area contributed by atoms with Crippen LogP contribution >= 0.6 is 23.7 Å². The number of nitrogens with one attached hydrogen (secondary N) is 1. The lowest BCUT2D eigenvalue weighted by Gasteiger charge is -2.13. The minimum atomic E-state index is -0.507. The van der Waals surface area contributed by atoms with Crippen LogP contribution in [0, 0.1) is 11.8 Å². The monoisotopic (exact) mass is 292 g/mol. The molecule has 1 aromatic heterocycles. The third-order valence-electron chi connectivity index (χ3n) is 2.30. The van der Waals surface area contributed by atoms with Crippen molar-refractivity contribution in [3.05, 3.63) is 5.01 Å². The van der Waals surface area contributed by atoms with E-state index in [0.717, 1.165) is 11.4 Å². The summed E-state index contributed by atoms with van der Waals surface area (Å²) in [7, 11) is 0. The maximum atomic E-state index is 11.7. The van der Waals surface area contributed by atoms with E-state index < -0.39 is 6.04 Å². The molecule has 0 unspecified atom stereocenters. The van der Waals surface area contributed by atoms with Crippen molar-refractivity contribution in [2.24, 2.45) is 17.6 Å². The third-order valence-corrected chi connectivity index (χ3v) is 3.16. The van der Waals surface area contributed by atoms with Crippen molar-refractivity contribution in [2.45, 2.75) is 40.2 Å². The lowest BCUT2D eigenvalue weighted by molar-refractivity contribution is -0.118. The van der Waals surface area contributed by atoms with E-state index in [1.54, 1.807) is 0 Å². The number of aromatic nitrogens is 2. The number of nitrogens with two attached hydrogens (primary N) is 1. The molecule has 1 amide bonds. The van der Waals surface area contributed by atoms with Crippen LogP contribution in [0.5, 0.6) is 0 Å². The molecule has 0 saturated heterocycles. The van der Waals surface area contributed by atoms with Crippen molar-refractivity contribution < 1.29 is 4.79 Å². The van der Waals surface area contributed by atoms with Crippen molar-refractivity contribution in [3.63, 3.8) is 0 Å². The standard InChI is InChI=1S/C11H20N4OS.ClH/c1-6(2)5-8-14-15-11(17-8)13-10(16)9(12)7(3)4;/h6-7,9H,5,12H2,1-4H3,(H,13,15,16);1H/t9-;/m1./s1. The number of anilines is 1. The lowest BCUT2D eigenvalue weighted by Crippen LogP contribution is -2.39. The maximum Gasteiger partial charge on any atom is 0.243 e. The van der Waals surface area contributed by atoms with Crippen LogP contribution in [-0.2, 0) is 11.2 Å². The Morgan fingerprint density at radius 2 is 1.94 bits per heavy atom. The Balaban J connectivity index is 0.00000289. The molecule has 1 rings (SSSR count). The van der Waals surface area contributed by atoms with E-state index in [0.29, 0.717) is 11.0 Å². The summed E-state index contributed by atoms with van der Waals surface area (Å²) in [6, 6.07) is -0.507. The number of nitrogens with zero attached hydrogens (tertiary/aromatic N) is 2. The Bertz CT molecular complexity index is 381. The van der Waals surface area contributed by atoms with Crippen LogP contribution in [-0.4, -0.2) is 22.1 Å². The summed E-state index contributed by atoms with van der Waals surface area (Å²) < 4.78 is 0. The highest BCUT2D eigenvalue weighted by molar-refractivity contribution is 7.15. The zero-order chi connectivity index (χ0) is 13.0. The first-order valence-corrected chi connectivity index (χ1v) is 6.60. The summed E-state index contributed by atoms with van der Waals surface area (Å²) in [6.45, 7) is 8.06. The zero-order valence-corrected chi connectivity index (χ0v) is 12.8. The summed E-state index contributed by atoms with van der Waals surface area (Å²) in [5.41, 5.74) is 5.74. The lowest BCUT2D eigenvalue weighted by atomic mass is 10.1. The van der Waals surface area contributed by atoms with Gasteiger partial charge in [0.1, 0.15) is 5.01 Å². The molecule has 0 radical (unpaired) electrons. The fourth-order valence-corrected chi connectivity index (χ4v) is 2.18. The van der Waals surface area contributed by atoms with Crippen molar-refractivity contribution in [1.82, 2.24) is 10.2 Å². The second-order valence-corrected chi connectivity index (χ2v) is 5.92. The number of hydrogen-bond acceptors (Lipinski definition) is 5. The van der Waals surface area contributed by atoms with Gasteiger partial charge in [0.15, 0.2) is 0 Å². The van der Waals surface area contributed by atoms with Crippen molar-refractivity contribution in [1.29, 1.82) is 0 Å². The van der Waals surface area contributed by atoms with E-state index in [2.05, 4.69) is 29.4 Å². The molecule has 0 aliphatic heterocycles. The molecule has 1 atom stereocenters. The molecule has 0 spiro atoms. The van der Waals surface area contributed by atoms with Crippen LogP contribution in [0.1, 0.15) is 32.7 Å². The molecule has 5 nitrogen and oxygen atoms in total. The van der Waals surface area contributed by atoms with E-state index in [-0.39, 0.29) is 24.2 Å². The molecular weight excluding hydrogens is 272 g/mol. The van der Waals surface area contributed by atoms with E-state index in [1.807, 2.05) is 13.8 Å². The van der Waals surface area contributed by atoms with E-state index in [9.17, 15) is 4.79 Å². The highest BCUT2D eigenvalue weighted by Gasteiger charge is 2.18. The van der Waals surface area contributed by atoms with Crippen LogP contribution < -0.4 is 11.1 Å². The molecule has 0 aliphatic rings. The average Bonchev–Trinajstić information content (AvgIpc) is 2.63. The second-order valence-electron chi connectivity index (χ2n) is 4.86. The number of hydrogen-bond donors (Lipinski definition) is 2. The van der Waals surface area contributed by atoms with E-state index in [1.165, 1.54) is 11.3 Å². The molecule has 7 heteroatoms. The molecule has 104 valence electrons. The Labute approximate surface area is 118 Å². The van der Waals surface area contributed by atoms with Crippen molar-refractivity contribution in [3.8, 4) is 0 Å². The Morgan fingerprint density at radius 3 is 2.44 bits per heavy atom. The first-order chi connectivity index (χ1) is 7.90. The third kappa shape index (κ3) is 5.29. The number of amides is 1. The number of carbonyl (C=O) groups is 1. The number of halogens is 1. The molecule has 0 aliphatic carbocycles. The topological polar surface area (TPSA) is 80.9 Å². The van der Waals surface area contributed by atoms with Gasteiger partial charge >= 0.3 is 0 Å². The predicted octanol–water partition coefficient (Wildman–Crippen LogP) is 2.08. The molecule has 1 heterocycles. The Morgan fingerprint density at radius 1 is 1.33 bits per heavy atom. The molecule has 1 aromatic rings. The Kier molecular flexibility index (Phi) is 7.35. The van der Waals surface area contributed by atoms with Crippen molar-refractivity contribution in [2.75, 3.05) is 5.32 Å². The van der Waals surface area contributed by atoms with Gasteiger partial charge < -0.3 is 5.73 Å². The first kappa shape index (κ1) is 17.3. The summed E-state index contributed by atoms with van der Waals surface area (Å²) in [5.74, 6) is 0.440. The van der Waals surface area contributed by atoms with Crippen LogP contribution in [0.25, 0.3) is 0 Å². The van der Waals surface area contributed by atoms with Gasteiger partial charge in [-0.3, -0.25) is 10.1 Å². The molecule has 0 fully saturated rings. The largest absolute Gasteiger partial charge is 0.320 e. The smallest absolute Gasteiger partial charge is 0.243 e. The number of carbonyl (C=O) groups excluding carboxylic acids is 1. The highest BCUT2D eigenvalue weighted by atomic mass is 35.5. The van der Waals surface area contributed by atoms with Gasteiger partial charge in [-0.2, -0.15) is 0 Å². The average molecular weight is 293 g/mol. The van der Waals surface area contributed by atoms with Gasteiger partial charge in [0, 0.05) is 6.42 Å². The van der Waals surface area contributed by atoms with Gasteiger partial charge in [-0.25, -0.2) is 0 Å². The van der Waals surface area contributed by atoms with Gasteiger partial charge in [0.25, 0.3) is 0 Å². The highest BCUT2D eigenvalue weighted by Crippen LogP contribution is 2.18. The Hall–Kier alpha value is -0.720. The first-order valence-electron chi connectivity index (χ1n) is 5.79. The minimum Gasteiger partial charge on any atom is -0.320 e. The fraction of sp³-hybridized carbons (Fsp3) is 0.727. The second kappa shape index (κ2) is 7.66.